The summed E-state index contributed by atoms with van der Waals surface area (Å²) in [6, 6.07) is 6.41. The first-order valence-electron chi connectivity index (χ1n) is 5.04. The van der Waals surface area contributed by atoms with Gasteiger partial charge in [-0.2, -0.15) is 17.0 Å². The van der Waals surface area contributed by atoms with Crippen LogP contribution in [-0.2, 0) is 5.75 Å². The zero-order chi connectivity index (χ0) is 12.0. The van der Waals surface area contributed by atoms with Crippen LogP contribution < -0.4 is 0 Å². The second kappa shape index (κ2) is 6.51. The summed E-state index contributed by atoms with van der Waals surface area (Å²) in [6.45, 7) is 1.01. The molecular weight excluding hydrogens is 223 g/mol. The molecule has 0 aliphatic rings. The van der Waals surface area contributed by atoms with E-state index < -0.39 is 0 Å². The van der Waals surface area contributed by atoms with Crippen LogP contribution in [0.4, 0.5) is 4.39 Å². The zero-order valence-electron chi connectivity index (χ0n) is 9.53. The zero-order valence-corrected chi connectivity index (χ0v) is 10.4. The third kappa shape index (κ3) is 4.21. The number of rotatable bonds is 5. The van der Waals surface area contributed by atoms with Gasteiger partial charge in [-0.25, -0.2) is 4.39 Å². The van der Waals surface area contributed by atoms with Gasteiger partial charge in [0, 0.05) is 18.1 Å². The molecule has 1 aromatic rings. The summed E-state index contributed by atoms with van der Waals surface area (Å²) in [5, 5.41) is 8.85. The van der Waals surface area contributed by atoms with Crippen molar-refractivity contribution in [3.05, 3.63) is 35.1 Å². The highest BCUT2D eigenvalue weighted by molar-refractivity contribution is 7.98. The second-order valence-corrected chi connectivity index (χ2v) is 4.87. The number of benzene rings is 1. The van der Waals surface area contributed by atoms with Crippen LogP contribution in [0.5, 0.6) is 0 Å². The van der Waals surface area contributed by atoms with E-state index in [0.717, 1.165) is 23.6 Å². The molecule has 0 heterocycles. The average molecular weight is 238 g/mol. The molecule has 0 amide bonds. The Morgan fingerprint density at radius 3 is 2.81 bits per heavy atom. The van der Waals surface area contributed by atoms with Gasteiger partial charge in [0.1, 0.15) is 5.82 Å². The Morgan fingerprint density at radius 1 is 1.44 bits per heavy atom. The third-order valence-electron chi connectivity index (χ3n) is 2.13. The molecule has 0 saturated heterocycles. The minimum absolute atomic E-state index is 0.349. The molecule has 0 fully saturated rings. The highest BCUT2D eigenvalue weighted by Gasteiger charge is 2.03. The summed E-state index contributed by atoms with van der Waals surface area (Å²) in [7, 11) is 4.05. The van der Waals surface area contributed by atoms with Crippen LogP contribution in [0, 0.1) is 17.1 Å². The topological polar surface area (TPSA) is 27.0 Å². The van der Waals surface area contributed by atoms with Crippen LogP contribution in [0.2, 0.25) is 0 Å². The SMILES string of the molecule is CN(C)CCSCc1ccc(F)cc1C#N. The molecule has 0 atom stereocenters. The van der Waals surface area contributed by atoms with Crippen molar-refractivity contribution >= 4 is 11.8 Å². The molecule has 0 bridgehead atoms. The van der Waals surface area contributed by atoms with Crippen LogP contribution in [0.3, 0.4) is 0 Å². The number of hydrogen-bond donors (Lipinski definition) is 0. The normalized spacial score (nSPS) is 10.4. The van der Waals surface area contributed by atoms with Crippen molar-refractivity contribution in [3.63, 3.8) is 0 Å². The lowest BCUT2D eigenvalue weighted by molar-refractivity contribution is 0.437. The first kappa shape index (κ1) is 13.0. The molecule has 16 heavy (non-hydrogen) atoms. The number of halogens is 1. The van der Waals surface area contributed by atoms with E-state index in [-0.39, 0.29) is 5.82 Å². The number of nitrogens with zero attached hydrogens (tertiary/aromatic N) is 2. The van der Waals surface area contributed by atoms with Gasteiger partial charge in [0.15, 0.2) is 0 Å². The molecule has 0 saturated carbocycles. The first-order valence-corrected chi connectivity index (χ1v) is 6.20. The number of hydrogen-bond acceptors (Lipinski definition) is 3. The maximum atomic E-state index is 12.9. The Labute approximate surface area is 100 Å². The Hall–Kier alpha value is -1.05. The van der Waals surface area contributed by atoms with E-state index in [0.29, 0.717) is 5.56 Å². The molecule has 0 spiro atoms. The highest BCUT2D eigenvalue weighted by Crippen LogP contribution is 2.17. The van der Waals surface area contributed by atoms with Gasteiger partial charge in [0.25, 0.3) is 0 Å². The summed E-state index contributed by atoms with van der Waals surface area (Å²) >= 11 is 1.75. The smallest absolute Gasteiger partial charge is 0.124 e. The maximum Gasteiger partial charge on any atom is 0.124 e. The van der Waals surface area contributed by atoms with Gasteiger partial charge in [0.05, 0.1) is 11.6 Å². The van der Waals surface area contributed by atoms with E-state index in [1.54, 1.807) is 17.8 Å². The average Bonchev–Trinajstić information content (AvgIpc) is 2.25. The van der Waals surface area contributed by atoms with Crippen molar-refractivity contribution in [2.45, 2.75) is 5.75 Å². The molecule has 1 aromatic carbocycles. The molecular formula is C12H15FN2S. The van der Waals surface area contributed by atoms with Crippen molar-refractivity contribution in [1.29, 1.82) is 5.26 Å². The highest BCUT2D eigenvalue weighted by atomic mass is 32.2. The van der Waals surface area contributed by atoms with Gasteiger partial charge in [-0.1, -0.05) is 6.07 Å². The molecule has 0 N–H and O–H groups in total. The fourth-order valence-electron chi connectivity index (χ4n) is 1.21. The molecule has 4 heteroatoms. The minimum Gasteiger partial charge on any atom is -0.309 e. The molecule has 0 unspecified atom stereocenters. The van der Waals surface area contributed by atoms with E-state index in [9.17, 15) is 4.39 Å². The molecule has 1 rings (SSSR count). The largest absolute Gasteiger partial charge is 0.309 e. The van der Waals surface area contributed by atoms with Crippen molar-refractivity contribution in [2.75, 3.05) is 26.4 Å². The predicted octanol–water partition coefficient (Wildman–Crippen LogP) is 2.49. The third-order valence-corrected chi connectivity index (χ3v) is 3.12. The first-order chi connectivity index (χ1) is 7.63. The van der Waals surface area contributed by atoms with Gasteiger partial charge >= 0.3 is 0 Å². The van der Waals surface area contributed by atoms with Crippen LogP contribution in [0.25, 0.3) is 0 Å². The molecule has 0 aromatic heterocycles. The van der Waals surface area contributed by atoms with Crippen LogP contribution in [-0.4, -0.2) is 31.3 Å². The molecule has 86 valence electrons. The fourth-order valence-corrected chi connectivity index (χ4v) is 2.32. The summed E-state index contributed by atoms with van der Waals surface area (Å²) in [6.07, 6.45) is 0. The predicted molar refractivity (Wildman–Crippen MR) is 65.8 cm³/mol. The van der Waals surface area contributed by atoms with E-state index >= 15 is 0 Å². The quantitative estimate of drug-likeness (QED) is 0.737. The Balaban J connectivity index is 2.51. The molecule has 0 aliphatic carbocycles. The fraction of sp³-hybridized carbons (Fsp3) is 0.417. The van der Waals surface area contributed by atoms with Crippen molar-refractivity contribution in [3.8, 4) is 6.07 Å². The summed E-state index contributed by atoms with van der Waals surface area (Å²) in [5.41, 5.74) is 1.35. The lowest BCUT2D eigenvalue weighted by Crippen LogP contribution is -2.14. The Kier molecular flexibility index (Phi) is 5.30. The van der Waals surface area contributed by atoms with Gasteiger partial charge in [-0.15, -0.1) is 0 Å². The van der Waals surface area contributed by atoms with Crippen LogP contribution in [0.1, 0.15) is 11.1 Å². The van der Waals surface area contributed by atoms with Gasteiger partial charge in [0.2, 0.25) is 0 Å². The lowest BCUT2D eigenvalue weighted by Gasteiger charge is -2.09. The van der Waals surface area contributed by atoms with Crippen molar-refractivity contribution < 1.29 is 4.39 Å². The number of nitriles is 1. The Bertz CT molecular complexity index is 385. The summed E-state index contributed by atoms with van der Waals surface area (Å²) < 4.78 is 12.9. The van der Waals surface area contributed by atoms with E-state index in [1.807, 2.05) is 20.2 Å². The molecule has 0 aliphatic heterocycles. The lowest BCUT2D eigenvalue weighted by atomic mass is 10.1. The van der Waals surface area contributed by atoms with Gasteiger partial charge in [-0.05, 0) is 31.8 Å². The maximum absolute atomic E-state index is 12.9. The van der Waals surface area contributed by atoms with Crippen LogP contribution in [0.15, 0.2) is 18.2 Å². The molecule has 0 radical (unpaired) electrons. The van der Waals surface area contributed by atoms with Crippen LogP contribution >= 0.6 is 11.8 Å². The number of thioether (sulfide) groups is 1. The van der Waals surface area contributed by atoms with E-state index in [1.165, 1.54) is 12.1 Å². The van der Waals surface area contributed by atoms with E-state index in [2.05, 4.69) is 4.90 Å². The summed E-state index contributed by atoms with van der Waals surface area (Å²) in [5.74, 6) is 1.42. The second-order valence-electron chi connectivity index (χ2n) is 3.77. The minimum atomic E-state index is -0.349. The molecule has 2 nitrogen and oxygen atoms in total. The van der Waals surface area contributed by atoms with Crippen molar-refractivity contribution in [2.24, 2.45) is 0 Å². The summed E-state index contributed by atoms with van der Waals surface area (Å²) in [4.78, 5) is 2.11. The van der Waals surface area contributed by atoms with Gasteiger partial charge < -0.3 is 4.90 Å². The Morgan fingerprint density at radius 2 is 2.19 bits per heavy atom. The van der Waals surface area contributed by atoms with E-state index in [4.69, 9.17) is 5.26 Å². The van der Waals surface area contributed by atoms with Gasteiger partial charge in [-0.3, -0.25) is 0 Å². The monoisotopic (exact) mass is 238 g/mol. The van der Waals surface area contributed by atoms with Crippen molar-refractivity contribution in [1.82, 2.24) is 4.90 Å². The standard InChI is InChI=1S/C12H15FN2S/c1-15(2)5-6-16-9-10-3-4-12(13)7-11(10)8-14/h3-4,7H,5-6,9H2,1-2H3.